The summed E-state index contributed by atoms with van der Waals surface area (Å²) in [4.78, 5) is 12.6. The summed E-state index contributed by atoms with van der Waals surface area (Å²) in [6.45, 7) is 0. The van der Waals surface area contributed by atoms with Gasteiger partial charge in [0.1, 0.15) is 17.2 Å². The van der Waals surface area contributed by atoms with E-state index in [1.54, 1.807) is 92.0 Å². The average Bonchev–Trinajstić information content (AvgIpc) is 3.37. The molecule has 0 aliphatic rings. The van der Waals surface area contributed by atoms with Crippen LogP contribution in [0.25, 0.3) is 0 Å². The van der Waals surface area contributed by atoms with Gasteiger partial charge in [-0.15, -0.1) is 0 Å². The van der Waals surface area contributed by atoms with Crippen LogP contribution in [-0.4, -0.2) is 23.1 Å². The first-order valence-corrected chi connectivity index (χ1v) is 11.7. The predicted molar refractivity (Wildman–Crippen MR) is 130 cm³/mol. The minimum absolute atomic E-state index is 0.238. The summed E-state index contributed by atoms with van der Waals surface area (Å²) in [5, 5.41) is 2.75. The summed E-state index contributed by atoms with van der Waals surface area (Å²) in [5.74, 6) is 5.64. The van der Waals surface area contributed by atoms with Crippen molar-refractivity contribution in [2.45, 2.75) is 4.90 Å². The van der Waals surface area contributed by atoms with Crippen molar-refractivity contribution in [3.05, 3.63) is 97.0 Å². The minimum atomic E-state index is -2.73. The molecule has 0 radical (unpaired) electrons. The topological polar surface area (TPSA) is 89.8 Å². The number of furan rings is 1. The Balaban J connectivity index is 1.36. The second-order valence-electron chi connectivity index (χ2n) is 7.04. The zero-order chi connectivity index (χ0) is 23.3. The summed E-state index contributed by atoms with van der Waals surface area (Å²) in [6, 6.07) is 24.2. The molecule has 2 N–H and O–H groups in total. The summed E-state index contributed by atoms with van der Waals surface area (Å²) < 4.78 is 32.0. The molecule has 1 heterocycles. The normalized spacial score (nSPS) is 12.4. The van der Waals surface area contributed by atoms with E-state index >= 15 is 0 Å². The van der Waals surface area contributed by atoms with Crippen molar-refractivity contribution in [3.8, 4) is 17.2 Å². The molecule has 1 amide bonds. The largest absolute Gasteiger partial charge is 0.497 e. The highest BCUT2D eigenvalue weighted by molar-refractivity contribution is 8.01. The van der Waals surface area contributed by atoms with E-state index in [2.05, 4.69) is 15.9 Å². The van der Waals surface area contributed by atoms with Crippen LogP contribution in [0, 0.1) is 0 Å². The number of hydrogen-bond acceptors (Lipinski definition) is 5. The molecule has 0 spiro atoms. The van der Waals surface area contributed by atoms with Crippen LogP contribution in [0.5, 0.6) is 17.2 Å². The van der Waals surface area contributed by atoms with Gasteiger partial charge in [-0.1, -0.05) is 0 Å². The second kappa shape index (κ2) is 9.54. The molecule has 4 rings (SSSR count). The lowest BCUT2D eigenvalue weighted by atomic mass is 10.3. The van der Waals surface area contributed by atoms with E-state index < -0.39 is 9.71 Å². The molecule has 1 atom stereocenters. The second-order valence-corrected chi connectivity index (χ2v) is 9.06. The average molecular weight is 463 g/mol. The maximum absolute atomic E-state index is 13.0. The van der Waals surface area contributed by atoms with Gasteiger partial charge in [-0.2, -0.15) is 0 Å². The zero-order valence-corrected chi connectivity index (χ0v) is 18.6. The highest BCUT2D eigenvalue weighted by Crippen LogP contribution is 2.26. The molecule has 0 fully saturated rings. The van der Waals surface area contributed by atoms with Gasteiger partial charge in [0.2, 0.25) is 0 Å². The van der Waals surface area contributed by atoms with Crippen LogP contribution in [0.2, 0.25) is 0 Å². The number of benzene rings is 3. The van der Waals surface area contributed by atoms with E-state index in [9.17, 15) is 9.00 Å². The van der Waals surface area contributed by atoms with Crippen molar-refractivity contribution in [1.82, 2.24) is 0 Å². The van der Waals surface area contributed by atoms with Crippen molar-refractivity contribution in [2.75, 3.05) is 17.1 Å². The molecule has 8 heteroatoms. The maximum atomic E-state index is 13.0. The number of anilines is 2. The first-order valence-electron chi connectivity index (χ1n) is 9.95. The van der Waals surface area contributed by atoms with E-state index in [1.807, 2.05) is 0 Å². The smallest absolute Gasteiger partial charge is 0.291 e. The lowest BCUT2D eigenvalue weighted by molar-refractivity contribution is 0.0996. The SMILES string of the molecule is C=S(=O)(Nc1ccc(Oc2ccc(NC(=O)c3ccco3)cc2)cc1)c1ccc(OC)cc1. The van der Waals surface area contributed by atoms with Crippen molar-refractivity contribution < 1.29 is 22.9 Å². The number of amides is 1. The van der Waals surface area contributed by atoms with Gasteiger partial charge in [0, 0.05) is 16.3 Å². The van der Waals surface area contributed by atoms with Gasteiger partial charge in [-0.05, 0) is 90.8 Å². The Morgan fingerprint density at radius 1 is 0.848 bits per heavy atom. The van der Waals surface area contributed by atoms with Gasteiger partial charge in [-0.3, -0.25) is 4.79 Å². The van der Waals surface area contributed by atoms with E-state index in [-0.39, 0.29) is 11.7 Å². The lowest BCUT2D eigenvalue weighted by Gasteiger charge is -2.14. The molecule has 1 unspecified atom stereocenters. The number of carbonyl (C=O) groups is 1. The summed E-state index contributed by atoms with van der Waals surface area (Å²) in [6.07, 6.45) is 1.45. The van der Waals surface area contributed by atoms with Crippen LogP contribution in [0.1, 0.15) is 10.6 Å². The standard InChI is InChI=1S/C25H22N2O5S/c1-30-20-13-15-23(16-14-20)33(2,29)27-19-7-11-22(12-8-19)32-21-9-5-18(6-10-21)26-25(28)24-4-3-17-31-24/h3-17H,2H2,1H3,(H,26,28)(H,27,29). The van der Waals surface area contributed by atoms with Crippen LogP contribution >= 0.6 is 0 Å². The summed E-state index contributed by atoms with van der Waals surface area (Å²) in [7, 11) is -1.15. The molecule has 4 aromatic rings. The Morgan fingerprint density at radius 3 is 1.97 bits per heavy atom. The van der Waals surface area contributed by atoms with Crippen molar-refractivity contribution in [1.29, 1.82) is 0 Å². The summed E-state index contributed by atoms with van der Waals surface area (Å²) >= 11 is 0. The van der Waals surface area contributed by atoms with Crippen molar-refractivity contribution >= 4 is 32.9 Å². The Morgan fingerprint density at radius 2 is 1.42 bits per heavy atom. The number of methoxy groups -OCH3 is 1. The third-order valence-corrected chi connectivity index (χ3v) is 6.27. The predicted octanol–water partition coefficient (Wildman–Crippen LogP) is 5.44. The number of rotatable bonds is 8. The summed E-state index contributed by atoms with van der Waals surface area (Å²) in [5.41, 5.74) is 1.26. The molecule has 0 saturated heterocycles. The molecular weight excluding hydrogens is 440 g/mol. The highest BCUT2D eigenvalue weighted by atomic mass is 32.2. The quantitative estimate of drug-likeness (QED) is 0.341. The highest BCUT2D eigenvalue weighted by Gasteiger charge is 2.10. The van der Waals surface area contributed by atoms with Gasteiger partial charge in [0.25, 0.3) is 5.91 Å². The van der Waals surface area contributed by atoms with Gasteiger partial charge in [0.15, 0.2) is 5.76 Å². The van der Waals surface area contributed by atoms with Crippen molar-refractivity contribution in [3.63, 3.8) is 0 Å². The first-order chi connectivity index (χ1) is 15.9. The zero-order valence-electron chi connectivity index (χ0n) is 17.8. The van der Waals surface area contributed by atoms with Gasteiger partial charge in [0.05, 0.1) is 23.1 Å². The molecule has 0 saturated carbocycles. The Labute approximate surface area is 192 Å². The third-order valence-electron chi connectivity index (χ3n) is 4.67. The van der Waals surface area contributed by atoms with E-state index in [0.29, 0.717) is 33.5 Å². The molecule has 7 nitrogen and oxygen atoms in total. The van der Waals surface area contributed by atoms with Crippen LogP contribution < -0.4 is 19.5 Å². The molecule has 0 aliphatic carbocycles. The van der Waals surface area contributed by atoms with Crippen LogP contribution in [0.15, 0.2) is 101 Å². The molecule has 0 bridgehead atoms. The lowest BCUT2D eigenvalue weighted by Crippen LogP contribution is -2.12. The van der Waals surface area contributed by atoms with E-state index in [0.717, 1.165) is 0 Å². The maximum Gasteiger partial charge on any atom is 0.291 e. The third kappa shape index (κ3) is 5.55. The molecule has 1 aromatic heterocycles. The number of ether oxygens (including phenoxy) is 2. The monoisotopic (exact) mass is 462 g/mol. The van der Waals surface area contributed by atoms with Crippen molar-refractivity contribution in [2.24, 2.45) is 0 Å². The molecule has 3 aromatic carbocycles. The number of carbonyl (C=O) groups excluding carboxylic acids is 1. The first kappa shape index (κ1) is 22.0. The van der Waals surface area contributed by atoms with Crippen LogP contribution in [0.4, 0.5) is 11.4 Å². The van der Waals surface area contributed by atoms with Crippen LogP contribution in [0.3, 0.4) is 0 Å². The fraction of sp³-hybridized carbons (Fsp3) is 0.0400. The fourth-order valence-electron chi connectivity index (χ4n) is 2.98. The molecular formula is C25H22N2O5S. The minimum Gasteiger partial charge on any atom is -0.497 e. The van der Waals surface area contributed by atoms with E-state index in [1.165, 1.54) is 6.26 Å². The van der Waals surface area contributed by atoms with Gasteiger partial charge in [-0.25, -0.2) is 4.21 Å². The Bertz CT molecular complexity index is 1310. The van der Waals surface area contributed by atoms with E-state index in [4.69, 9.17) is 13.9 Å². The van der Waals surface area contributed by atoms with Crippen LogP contribution in [-0.2, 0) is 9.71 Å². The van der Waals surface area contributed by atoms with Gasteiger partial charge < -0.3 is 23.9 Å². The Kier molecular flexibility index (Phi) is 6.37. The Hall–Kier alpha value is -4.17. The molecule has 33 heavy (non-hydrogen) atoms. The fourth-order valence-corrected chi connectivity index (χ4v) is 4.19. The van der Waals surface area contributed by atoms with Gasteiger partial charge >= 0.3 is 0 Å². The number of hydrogen-bond donors (Lipinski definition) is 2. The molecule has 0 aliphatic heterocycles. The number of nitrogens with one attached hydrogen (secondary N) is 2. The molecule has 168 valence electrons.